The fourth-order valence-corrected chi connectivity index (χ4v) is 2.04. The Morgan fingerprint density at radius 2 is 1.80 bits per heavy atom. The lowest BCUT2D eigenvalue weighted by Gasteiger charge is -2.18. The van der Waals surface area contributed by atoms with Crippen LogP contribution in [0.15, 0.2) is 48.5 Å². The average Bonchev–Trinajstić information content (AvgIpc) is 2.49. The molecule has 2 aromatic rings. The molecule has 0 spiro atoms. The summed E-state index contributed by atoms with van der Waals surface area (Å²) in [7, 11) is 1.81. The van der Waals surface area contributed by atoms with Gasteiger partial charge in [-0.25, -0.2) is 0 Å². The summed E-state index contributed by atoms with van der Waals surface area (Å²) in [6, 6.07) is 15.2. The van der Waals surface area contributed by atoms with E-state index in [4.69, 9.17) is 5.84 Å². The molecule has 4 heteroatoms. The first kappa shape index (κ1) is 14.1. The van der Waals surface area contributed by atoms with Crippen molar-refractivity contribution >= 4 is 11.6 Å². The molecule has 0 unspecified atom stereocenters. The van der Waals surface area contributed by atoms with Crippen LogP contribution in [0, 0.1) is 6.92 Å². The summed E-state index contributed by atoms with van der Waals surface area (Å²) < 4.78 is 0. The molecule has 20 heavy (non-hydrogen) atoms. The third-order valence-electron chi connectivity index (χ3n) is 3.31. The van der Waals surface area contributed by atoms with Crippen LogP contribution in [-0.4, -0.2) is 17.9 Å². The standard InChI is InChI=1S/C16H19N3O/c1-12-5-3-4-6-14(12)11-19(2)16(20)13-7-9-15(18-17)10-8-13/h3-10,18H,11,17H2,1-2H3. The molecule has 0 aliphatic heterocycles. The smallest absolute Gasteiger partial charge is 0.253 e. The highest BCUT2D eigenvalue weighted by Crippen LogP contribution is 2.13. The van der Waals surface area contributed by atoms with Crippen molar-refractivity contribution in [2.75, 3.05) is 12.5 Å². The van der Waals surface area contributed by atoms with E-state index in [-0.39, 0.29) is 5.91 Å². The van der Waals surface area contributed by atoms with Gasteiger partial charge >= 0.3 is 0 Å². The SMILES string of the molecule is Cc1ccccc1CN(C)C(=O)c1ccc(NN)cc1. The number of nitrogens with zero attached hydrogens (tertiary/aromatic N) is 1. The Hall–Kier alpha value is -2.33. The van der Waals surface area contributed by atoms with Gasteiger partial charge in [0.15, 0.2) is 0 Å². The number of anilines is 1. The van der Waals surface area contributed by atoms with E-state index in [0.29, 0.717) is 12.1 Å². The molecule has 0 heterocycles. The predicted molar refractivity (Wildman–Crippen MR) is 81.2 cm³/mol. The molecule has 0 bridgehead atoms. The Balaban J connectivity index is 2.10. The second-order valence-corrected chi connectivity index (χ2v) is 4.81. The number of aryl methyl sites for hydroxylation is 1. The Labute approximate surface area is 119 Å². The second kappa shape index (κ2) is 6.21. The molecule has 4 nitrogen and oxygen atoms in total. The normalized spacial score (nSPS) is 10.2. The maximum Gasteiger partial charge on any atom is 0.253 e. The molecule has 3 N–H and O–H groups in total. The van der Waals surface area contributed by atoms with Crippen LogP contribution >= 0.6 is 0 Å². The van der Waals surface area contributed by atoms with Gasteiger partial charge in [0.05, 0.1) is 0 Å². The van der Waals surface area contributed by atoms with Crippen molar-refractivity contribution in [2.45, 2.75) is 13.5 Å². The first-order chi connectivity index (χ1) is 9.61. The number of amides is 1. The highest BCUT2D eigenvalue weighted by atomic mass is 16.2. The molecule has 2 aromatic carbocycles. The van der Waals surface area contributed by atoms with E-state index < -0.39 is 0 Å². The van der Waals surface area contributed by atoms with Crippen molar-refractivity contribution in [1.82, 2.24) is 4.90 Å². The van der Waals surface area contributed by atoms with Gasteiger partial charge in [-0.05, 0) is 42.3 Å². The predicted octanol–water partition coefficient (Wildman–Crippen LogP) is 2.55. The van der Waals surface area contributed by atoms with Gasteiger partial charge in [-0.3, -0.25) is 10.6 Å². The summed E-state index contributed by atoms with van der Waals surface area (Å²) in [4.78, 5) is 14.0. The van der Waals surface area contributed by atoms with Gasteiger partial charge in [0.25, 0.3) is 5.91 Å². The molecule has 0 aromatic heterocycles. The summed E-state index contributed by atoms with van der Waals surface area (Å²) in [5.41, 5.74) is 6.32. The largest absolute Gasteiger partial charge is 0.337 e. The van der Waals surface area contributed by atoms with Gasteiger partial charge in [0, 0.05) is 24.8 Å². The summed E-state index contributed by atoms with van der Waals surface area (Å²) in [6.07, 6.45) is 0. The molecule has 0 saturated carbocycles. The van der Waals surface area contributed by atoms with E-state index in [0.717, 1.165) is 11.3 Å². The Kier molecular flexibility index (Phi) is 4.38. The first-order valence-electron chi connectivity index (χ1n) is 6.48. The third-order valence-corrected chi connectivity index (χ3v) is 3.31. The van der Waals surface area contributed by atoms with E-state index in [2.05, 4.69) is 18.4 Å². The lowest BCUT2D eigenvalue weighted by atomic mass is 10.1. The fraction of sp³-hybridized carbons (Fsp3) is 0.188. The minimum absolute atomic E-state index is 0.00294. The van der Waals surface area contributed by atoms with Crippen LogP contribution in [0.25, 0.3) is 0 Å². The van der Waals surface area contributed by atoms with Gasteiger partial charge < -0.3 is 10.3 Å². The van der Waals surface area contributed by atoms with E-state index in [1.807, 2.05) is 25.2 Å². The number of nitrogens with two attached hydrogens (primary N) is 1. The Morgan fingerprint density at radius 1 is 1.15 bits per heavy atom. The molecular weight excluding hydrogens is 250 g/mol. The minimum atomic E-state index is -0.00294. The first-order valence-corrected chi connectivity index (χ1v) is 6.48. The monoisotopic (exact) mass is 269 g/mol. The molecule has 0 atom stereocenters. The number of benzene rings is 2. The van der Waals surface area contributed by atoms with E-state index in [9.17, 15) is 4.79 Å². The fourth-order valence-electron chi connectivity index (χ4n) is 2.04. The van der Waals surface area contributed by atoms with Crippen LogP contribution in [0.5, 0.6) is 0 Å². The number of carbonyl (C=O) groups excluding carboxylic acids is 1. The van der Waals surface area contributed by atoms with Crippen LogP contribution in [-0.2, 0) is 6.54 Å². The maximum atomic E-state index is 12.3. The minimum Gasteiger partial charge on any atom is -0.337 e. The van der Waals surface area contributed by atoms with Crippen molar-refractivity contribution in [3.05, 3.63) is 65.2 Å². The van der Waals surface area contributed by atoms with Crippen LogP contribution in [0.4, 0.5) is 5.69 Å². The van der Waals surface area contributed by atoms with Crippen molar-refractivity contribution in [3.63, 3.8) is 0 Å². The number of hydrazine groups is 1. The second-order valence-electron chi connectivity index (χ2n) is 4.81. The van der Waals surface area contributed by atoms with Gasteiger partial charge in [-0.15, -0.1) is 0 Å². The van der Waals surface area contributed by atoms with Crippen molar-refractivity contribution < 1.29 is 4.79 Å². The zero-order valence-electron chi connectivity index (χ0n) is 11.8. The lowest BCUT2D eigenvalue weighted by Crippen LogP contribution is -2.26. The molecule has 1 amide bonds. The van der Waals surface area contributed by atoms with E-state index in [1.165, 1.54) is 5.56 Å². The molecular formula is C16H19N3O. The quantitative estimate of drug-likeness (QED) is 0.662. The van der Waals surface area contributed by atoms with E-state index >= 15 is 0 Å². The lowest BCUT2D eigenvalue weighted by molar-refractivity contribution is 0.0785. The number of nitrogens with one attached hydrogen (secondary N) is 1. The van der Waals surface area contributed by atoms with Crippen LogP contribution in [0.2, 0.25) is 0 Å². The average molecular weight is 269 g/mol. The van der Waals surface area contributed by atoms with Crippen LogP contribution < -0.4 is 11.3 Å². The number of hydrogen-bond acceptors (Lipinski definition) is 3. The zero-order chi connectivity index (χ0) is 14.5. The van der Waals surface area contributed by atoms with E-state index in [1.54, 1.807) is 29.2 Å². The summed E-state index contributed by atoms with van der Waals surface area (Å²) in [6.45, 7) is 2.65. The maximum absolute atomic E-state index is 12.3. The number of hydrogen-bond donors (Lipinski definition) is 2. The van der Waals surface area contributed by atoms with Gasteiger partial charge in [0.2, 0.25) is 0 Å². The molecule has 0 radical (unpaired) electrons. The molecule has 2 rings (SSSR count). The van der Waals surface area contributed by atoms with Gasteiger partial charge in [-0.2, -0.15) is 0 Å². The van der Waals surface area contributed by atoms with Crippen molar-refractivity contribution in [2.24, 2.45) is 5.84 Å². The van der Waals surface area contributed by atoms with Crippen LogP contribution in [0.3, 0.4) is 0 Å². The summed E-state index contributed by atoms with van der Waals surface area (Å²) >= 11 is 0. The Bertz CT molecular complexity index is 593. The third kappa shape index (κ3) is 3.16. The molecule has 0 fully saturated rings. The number of nitrogen functional groups attached to an aromatic ring is 1. The topological polar surface area (TPSA) is 58.4 Å². The molecule has 0 saturated heterocycles. The Morgan fingerprint density at radius 3 is 2.40 bits per heavy atom. The summed E-state index contributed by atoms with van der Waals surface area (Å²) in [5, 5.41) is 0. The van der Waals surface area contributed by atoms with Crippen molar-refractivity contribution in [1.29, 1.82) is 0 Å². The molecule has 104 valence electrons. The summed E-state index contributed by atoms with van der Waals surface area (Å²) in [5.74, 6) is 5.31. The van der Waals surface area contributed by atoms with Gasteiger partial charge in [0.1, 0.15) is 0 Å². The highest BCUT2D eigenvalue weighted by Gasteiger charge is 2.12. The number of carbonyl (C=O) groups is 1. The van der Waals surface area contributed by atoms with Crippen molar-refractivity contribution in [3.8, 4) is 0 Å². The zero-order valence-corrected chi connectivity index (χ0v) is 11.8. The highest BCUT2D eigenvalue weighted by molar-refractivity contribution is 5.94. The number of rotatable bonds is 4. The van der Waals surface area contributed by atoms with Gasteiger partial charge in [-0.1, -0.05) is 24.3 Å². The molecule has 0 aliphatic carbocycles. The molecule has 0 aliphatic rings. The van der Waals surface area contributed by atoms with Crippen LogP contribution in [0.1, 0.15) is 21.5 Å².